The van der Waals surface area contributed by atoms with E-state index in [1.165, 1.54) is 32.4 Å². The number of piperidine rings is 1. The Balaban J connectivity index is 1.34. The van der Waals surface area contributed by atoms with Gasteiger partial charge in [-0.05, 0) is 104 Å². The number of allylic oxidation sites excluding steroid dienone is 1. The molecule has 5 rings (SSSR count). The third-order valence-electron chi connectivity index (χ3n) is 10.2. The number of aryl methyl sites for hydroxylation is 3. The number of ether oxygens (including phenoxy) is 1. The number of nitrogens with zero attached hydrogens (tertiary/aromatic N) is 4. The minimum Gasteiger partial charge on any atom is -0.360 e. The van der Waals surface area contributed by atoms with Crippen LogP contribution >= 0.6 is 0 Å². The molecular weight excluding hydrogens is 573 g/mol. The summed E-state index contributed by atoms with van der Waals surface area (Å²) in [6, 6.07) is 8.38. The van der Waals surface area contributed by atoms with Crippen molar-refractivity contribution < 1.29 is 17.9 Å². The molecule has 45 heavy (non-hydrogen) atoms. The number of hydrogen-bond donors (Lipinski definition) is 0. The van der Waals surface area contributed by atoms with E-state index in [2.05, 4.69) is 37.7 Å². The van der Waals surface area contributed by atoms with Gasteiger partial charge >= 0.3 is 0 Å². The van der Waals surface area contributed by atoms with Crippen LogP contribution in [0, 0.1) is 35.3 Å². The first-order valence-electron chi connectivity index (χ1n) is 16.8. The number of fused-ring (bicyclic) bond motifs is 1. The Hall–Kier alpha value is -2.97. The summed E-state index contributed by atoms with van der Waals surface area (Å²) in [6.07, 6.45) is 8.05. The molecule has 1 saturated heterocycles. The maximum Gasteiger partial charge on any atom is 0.219 e. The minimum absolute atomic E-state index is 0.0672. The number of rotatable bonds is 13. The molecule has 1 aromatic heterocycles. The van der Waals surface area contributed by atoms with Crippen LogP contribution in [0.4, 0.5) is 13.2 Å². The lowest BCUT2D eigenvalue weighted by Gasteiger charge is -2.35. The van der Waals surface area contributed by atoms with Crippen LogP contribution in [-0.2, 0) is 24.6 Å². The van der Waals surface area contributed by atoms with E-state index in [-0.39, 0.29) is 17.6 Å². The molecule has 2 unspecified atom stereocenters. The van der Waals surface area contributed by atoms with E-state index in [1.807, 2.05) is 12.1 Å². The van der Waals surface area contributed by atoms with Gasteiger partial charge in [-0.25, -0.2) is 13.5 Å². The Bertz CT molecular complexity index is 1540. The molecule has 0 saturated carbocycles. The second kappa shape index (κ2) is 15.1. The molecule has 0 N–H and O–H groups in total. The van der Waals surface area contributed by atoms with Gasteiger partial charge in [0, 0.05) is 31.9 Å². The summed E-state index contributed by atoms with van der Waals surface area (Å²) in [6.45, 7) is 11.8. The molecule has 2 aromatic carbocycles. The van der Waals surface area contributed by atoms with Gasteiger partial charge < -0.3 is 4.74 Å². The van der Waals surface area contributed by atoms with Gasteiger partial charge in [-0.2, -0.15) is 9.49 Å². The van der Waals surface area contributed by atoms with Crippen molar-refractivity contribution >= 4 is 16.6 Å². The molecule has 3 atom stereocenters. The van der Waals surface area contributed by atoms with Crippen LogP contribution in [0.5, 0.6) is 0 Å². The predicted octanol–water partition coefficient (Wildman–Crippen LogP) is 8.78. The van der Waals surface area contributed by atoms with Crippen molar-refractivity contribution in [2.24, 2.45) is 29.8 Å². The van der Waals surface area contributed by atoms with Crippen molar-refractivity contribution in [3.05, 3.63) is 75.9 Å². The van der Waals surface area contributed by atoms with E-state index >= 15 is 8.78 Å². The Labute approximate surface area is 266 Å². The van der Waals surface area contributed by atoms with Gasteiger partial charge in [0.25, 0.3) is 0 Å². The molecule has 0 bridgehead atoms. The summed E-state index contributed by atoms with van der Waals surface area (Å²) in [5.74, 6) is 0.432. The quantitative estimate of drug-likeness (QED) is 0.191. The maximum absolute atomic E-state index is 15.1. The number of aliphatic imine (C=N–C) groups is 1. The van der Waals surface area contributed by atoms with Crippen molar-refractivity contribution in [2.45, 2.75) is 85.5 Å². The molecular formula is C37H49F3N4O. The molecule has 0 radical (unpaired) electrons. The van der Waals surface area contributed by atoms with E-state index < -0.39 is 5.95 Å². The lowest BCUT2D eigenvalue weighted by molar-refractivity contribution is 0.00745. The molecule has 3 aromatic rings. The van der Waals surface area contributed by atoms with Crippen LogP contribution < -0.4 is 0 Å². The van der Waals surface area contributed by atoms with Crippen molar-refractivity contribution in [2.75, 3.05) is 26.4 Å². The van der Waals surface area contributed by atoms with Crippen LogP contribution in [0.1, 0.15) is 89.3 Å². The standard InChI is InChI=1S/C37H49F3N4O/c1-6-8-10-26-12-15-29(18-32(26)38)34-19-27(13-14-28-17-31-35(20-33(28)39)42-43(5)37(31)40)25(4)36(41-34)22-45-23-44-16-9-11-30(21-44)24(3)7-2/h12,15,17-18,20,24,27,30H,6-11,13-14,16,19,21-23H2,1-5H3/t24?,27?,30-/m0/s1. The SMILES string of the molecule is CCCCc1ccc(C2=NC(COCN3CCC[C@H](C(C)CC)C3)=C(C)C(CCc3cc4c(F)n(C)nc4cc3F)C2)cc1F. The van der Waals surface area contributed by atoms with E-state index in [9.17, 15) is 4.39 Å². The fourth-order valence-electron chi connectivity index (χ4n) is 6.90. The summed E-state index contributed by atoms with van der Waals surface area (Å²) >= 11 is 0. The highest BCUT2D eigenvalue weighted by Crippen LogP contribution is 2.33. The first-order valence-corrected chi connectivity index (χ1v) is 16.8. The number of unbranched alkanes of at least 4 members (excludes halogenated alkanes) is 1. The van der Waals surface area contributed by atoms with Crippen LogP contribution in [0.15, 0.2) is 46.6 Å². The molecule has 2 aliphatic rings. The highest BCUT2D eigenvalue weighted by atomic mass is 19.1. The Morgan fingerprint density at radius 2 is 1.84 bits per heavy atom. The first-order chi connectivity index (χ1) is 21.7. The fraction of sp³-hybridized carbons (Fsp3) is 0.568. The summed E-state index contributed by atoms with van der Waals surface area (Å²) in [5.41, 5.74) is 5.10. The Morgan fingerprint density at radius 1 is 1.04 bits per heavy atom. The normalized spacial score (nSPS) is 20.2. The Morgan fingerprint density at radius 3 is 2.60 bits per heavy atom. The van der Waals surface area contributed by atoms with Crippen molar-refractivity contribution in [1.82, 2.24) is 14.7 Å². The second-order valence-corrected chi connectivity index (χ2v) is 13.3. The molecule has 0 spiro atoms. The van der Waals surface area contributed by atoms with E-state index in [4.69, 9.17) is 9.73 Å². The van der Waals surface area contributed by atoms with E-state index in [1.54, 1.807) is 12.1 Å². The third kappa shape index (κ3) is 7.89. The van der Waals surface area contributed by atoms with Crippen molar-refractivity contribution in [1.29, 1.82) is 0 Å². The smallest absolute Gasteiger partial charge is 0.219 e. The zero-order valence-electron chi connectivity index (χ0n) is 27.6. The summed E-state index contributed by atoms with van der Waals surface area (Å²) in [4.78, 5) is 7.44. The van der Waals surface area contributed by atoms with Crippen LogP contribution in [-0.4, -0.2) is 46.8 Å². The minimum atomic E-state index is -0.470. The molecule has 244 valence electrons. The highest BCUT2D eigenvalue weighted by Gasteiger charge is 2.27. The van der Waals surface area contributed by atoms with E-state index in [0.717, 1.165) is 65.1 Å². The molecule has 3 heterocycles. The number of likely N-dealkylation sites (tertiary alicyclic amines) is 1. The number of benzene rings is 2. The average Bonchev–Trinajstić information content (AvgIpc) is 3.31. The lowest BCUT2D eigenvalue weighted by Crippen LogP contribution is -2.39. The number of aromatic nitrogens is 2. The molecule has 1 fully saturated rings. The fourth-order valence-corrected chi connectivity index (χ4v) is 6.90. The van der Waals surface area contributed by atoms with Gasteiger partial charge in [-0.1, -0.05) is 45.7 Å². The van der Waals surface area contributed by atoms with Crippen molar-refractivity contribution in [3.63, 3.8) is 0 Å². The summed E-state index contributed by atoms with van der Waals surface area (Å²) < 4.78 is 52.2. The largest absolute Gasteiger partial charge is 0.360 e. The van der Waals surface area contributed by atoms with Crippen LogP contribution in [0.2, 0.25) is 0 Å². The highest BCUT2D eigenvalue weighted by molar-refractivity contribution is 6.02. The lowest BCUT2D eigenvalue weighted by atomic mass is 9.83. The average molecular weight is 623 g/mol. The molecule has 8 heteroatoms. The van der Waals surface area contributed by atoms with Gasteiger partial charge in [-0.3, -0.25) is 9.89 Å². The number of hydrogen-bond acceptors (Lipinski definition) is 4. The second-order valence-electron chi connectivity index (χ2n) is 13.3. The molecule has 0 amide bonds. The van der Waals surface area contributed by atoms with Crippen LogP contribution in [0.3, 0.4) is 0 Å². The van der Waals surface area contributed by atoms with Gasteiger partial charge in [0.05, 0.1) is 29.9 Å². The molecule has 2 aliphatic heterocycles. The van der Waals surface area contributed by atoms with Crippen LogP contribution in [0.25, 0.3) is 10.9 Å². The maximum atomic E-state index is 15.1. The summed E-state index contributed by atoms with van der Waals surface area (Å²) in [5, 5.41) is 4.40. The van der Waals surface area contributed by atoms with E-state index in [0.29, 0.717) is 60.9 Å². The summed E-state index contributed by atoms with van der Waals surface area (Å²) in [7, 11) is 1.52. The zero-order valence-corrected chi connectivity index (χ0v) is 27.6. The van der Waals surface area contributed by atoms with Crippen molar-refractivity contribution in [3.8, 4) is 0 Å². The zero-order chi connectivity index (χ0) is 32.1. The number of halogens is 3. The van der Waals surface area contributed by atoms with Gasteiger partial charge in [-0.15, -0.1) is 0 Å². The van der Waals surface area contributed by atoms with Gasteiger partial charge in [0.15, 0.2) is 0 Å². The topological polar surface area (TPSA) is 42.6 Å². The third-order valence-corrected chi connectivity index (χ3v) is 10.2. The monoisotopic (exact) mass is 622 g/mol. The Kier molecular flexibility index (Phi) is 11.2. The van der Waals surface area contributed by atoms with Gasteiger partial charge in [0.2, 0.25) is 5.95 Å². The molecule has 0 aliphatic carbocycles. The predicted molar refractivity (Wildman–Crippen MR) is 176 cm³/mol. The molecule has 5 nitrogen and oxygen atoms in total. The van der Waals surface area contributed by atoms with Gasteiger partial charge in [0.1, 0.15) is 11.6 Å². The first kappa shape index (κ1) is 33.4.